The summed E-state index contributed by atoms with van der Waals surface area (Å²) in [6, 6.07) is 12.0. The smallest absolute Gasteiger partial charge is 0.0456 e. The largest absolute Gasteiger partial charge is 0.380 e. The van der Waals surface area contributed by atoms with E-state index in [1.807, 2.05) is 18.2 Å². The lowest BCUT2D eigenvalue weighted by molar-refractivity contribution is 1.05. The van der Waals surface area contributed by atoms with E-state index in [1.54, 1.807) is 0 Å². The third-order valence-electron chi connectivity index (χ3n) is 3.46. The van der Waals surface area contributed by atoms with Crippen molar-refractivity contribution in [2.75, 3.05) is 5.32 Å². The van der Waals surface area contributed by atoms with Crippen LogP contribution in [0.4, 0.5) is 5.69 Å². The molecule has 0 amide bonds. The third kappa shape index (κ3) is 3.47. The van der Waals surface area contributed by atoms with Gasteiger partial charge in [0, 0.05) is 22.3 Å². The average Bonchev–Trinajstić information content (AvgIpc) is 2.47. The molecule has 0 aliphatic heterocycles. The molecule has 3 heteroatoms. The maximum Gasteiger partial charge on any atom is 0.0456 e. The Morgan fingerprint density at radius 3 is 2.15 bits per heavy atom. The first-order valence-electron chi connectivity index (χ1n) is 6.94. The topological polar surface area (TPSA) is 12.0 Å². The van der Waals surface area contributed by atoms with Crippen molar-refractivity contribution < 1.29 is 0 Å². The Kier molecular flexibility index (Phi) is 5.33. The monoisotopic (exact) mass is 307 g/mol. The molecule has 0 saturated carbocycles. The van der Waals surface area contributed by atoms with Gasteiger partial charge in [-0.1, -0.05) is 55.2 Å². The zero-order chi connectivity index (χ0) is 14.5. The summed E-state index contributed by atoms with van der Waals surface area (Å²) in [5.41, 5.74) is 4.92. The van der Waals surface area contributed by atoms with Gasteiger partial charge in [0.05, 0.1) is 0 Å². The van der Waals surface area contributed by atoms with Gasteiger partial charge in [-0.2, -0.15) is 0 Å². The second-order valence-electron chi connectivity index (χ2n) is 4.75. The number of benzene rings is 2. The van der Waals surface area contributed by atoms with Gasteiger partial charge in [0.15, 0.2) is 0 Å². The fraction of sp³-hybridized carbons (Fsp3) is 0.294. The minimum Gasteiger partial charge on any atom is -0.380 e. The van der Waals surface area contributed by atoms with Crippen LogP contribution in [0.2, 0.25) is 10.0 Å². The number of hydrogen-bond acceptors (Lipinski definition) is 1. The van der Waals surface area contributed by atoms with E-state index < -0.39 is 0 Å². The van der Waals surface area contributed by atoms with Gasteiger partial charge in [-0.05, 0) is 47.7 Å². The quantitative estimate of drug-likeness (QED) is 0.743. The van der Waals surface area contributed by atoms with E-state index >= 15 is 0 Å². The van der Waals surface area contributed by atoms with Crippen LogP contribution in [0.5, 0.6) is 0 Å². The van der Waals surface area contributed by atoms with Crippen molar-refractivity contribution in [1.82, 2.24) is 0 Å². The minimum atomic E-state index is 0.684. The molecule has 0 bridgehead atoms. The summed E-state index contributed by atoms with van der Waals surface area (Å²) in [5.74, 6) is 0. The van der Waals surface area contributed by atoms with Crippen LogP contribution in [-0.2, 0) is 19.4 Å². The second-order valence-corrected chi connectivity index (χ2v) is 5.59. The molecule has 0 aliphatic carbocycles. The first-order valence-corrected chi connectivity index (χ1v) is 7.69. The molecule has 0 saturated heterocycles. The average molecular weight is 308 g/mol. The van der Waals surface area contributed by atoms with E-state index in [4.69, 9.17) is 23.2 Å². The zero-order valence-electron chi connectivity index (χ0n) is 11.8. The van der Waals surface area contributed by atoms with Crippen LogP contribution in [0.3, 0.4) is 0 Å². The second kappa shape index (κ2) is 7.01. The van der Waals surface area contributed by atoms with Crippen LogP contribution in [-0.4, -0.2) is 0 Å². The van der Waals surface area contributed by atoms with Gasteiger partial charge in [-0.25, -0.2) is 0 Å². The predicted octanol–water partition coefficient (Wildman–Crippen LogP) is 5.73. The SMILES string of the molecule is CCc1cccc(CC)c1NCc1cc(Cl)ccc1Cl. The van der Waals surface area contributed by atoms with Crippen LogP contribution in [0, 0.1) is 0 Å². The predicted molar refractivity (Wildman–Crippen MR) is 89.0 cm³/mol. The van der Waals surface area contributed by atoms with Crippen LogP contribution in [0.1, 0.15) is 30.5 Å². The van der Waals surface area contributed by atoms with Crippen molar-refractivity contribution >= 4 is 28.9 Å². The lowest BCUT2D eigenvalue weighted by Gasteiger charge is -2.16. The van der Waals surface area contributed by atoms with Gasteiger partial charge >= 0.3 is 0 Å². The highest BCUT2D eigenvalue weighted by Gasteiger charge is 2.07. The fourth-order valence-corrected chi connectivity index (χ4v) is 2.71. The molecule has 2 aromatic rings. The molecule has 0 heterocycles. The van der Waals surface area contributed by atoms with Crippen molar-refractivity contribution in [3.8, 4) is 0 Å². The summed E-state index contributed by atoms with van der Waals surface area (Å²) >= 11 is 12.2. The zero-order valence-corrected chi connectivity index (χ0v) is 13.4. The number of halogens is 2. The van der Waals surface area contributed by atoms with Gasteiger partial charge in [-0.3, -0.25) is 0 Å². The Labute approximate surface area is 130 Å². The molecule has 2 rings (SSSR count). The highest BCUT2D eigenvalue weighted by atomic mass is 35.5. The third-order valence-corrected chi connectivity index (χ3v) is 4.07. The maximum atomic E-state index is 6.21. The molecule has 0 atom stereocenters. The standard InChI is InChI=1S/C17H19Cl2N/c1-3-12-6-5-7-13(4-2)17(12)20-11-14-10-15(18)8-9-16(14)19/h5-10,20H,3-4,11H2,1-2H3. The maximum absolute atomic E-state index is 6.21. The van der Waals surface area contributed by atoms with Gasteiger partial charge in [0.1, 0.15) is 0 Å². The van der Waals surface area contributed by atoms with E-state index in [-0.39, 0.29) is 0 Å². The van der Waals surface area contributed by atoms with E-state index in [1.165, 1.54) is 16.8 Å². The molecule has 2 aromatic carbocycles. The van der Waals surface area contributed by atoms with E-state index in [2.05, 4.69) is 37.4 Å². The summed E-state index contributed by atoms with van der Waals surface area (Å²) in [6.07, 6.45) is 2.03. The van der Waals surface area contributed by atoms with Gasteiger partial charge < -0.3 is 5.32 Å². The molecule has 106 valence electrons. The van der Waals surface area contributed by atoms with Crippen molar-refractivity contribution in [2.24, 2.45) is 0 Å². The number of rotatable bonds is 5. The van der Waals surface area contributed by atoms with E-state index in [0.29, 0.717) is 11.6 Å². The lowest BCUT2D eigenvalue weighted by Crippen LogP contribution is -2.05. The Morgan fingerprint density at radius 1 is 0.900 bits per heavy atom. The molecule has 0 aliphatic rings. The Morgan fingerprint density at radius 2 is 1.55 bits per heavy atom. The van der Waals surface area contributed by atoms with Crippen LogP contribution in [0.15, 0.2) is 36.4 Å². The molecular weight excluding hydrogens is 289 g/mol. The molecule has 0 radical (unpaired) electrons. The number of aryl methyl sites for hydroxylation is 2. The molecule has 0 fully saturated rings. The van der Waals surface area contributed by atoms with Crippen molar-refractivity contribution in [3.05, 3.63) is 63.1 Å². The van der Waals surface area contributed by atoms with Crippen LogP contribution >= 0.6 is 23.2 Å². The number of anilines is 1. The van der Waals surface area contributed by atoms with Crippen molar-refractivity contribution in [1.29, 1.82) is 0 Å². The molecule has 0 aromatic heterocycles. The van der Waals surface area contributed by atoms with Crippen LogP contribution < -0.4 is 5.32 Å². The van der Waals surface area contributed by atoms with E-state index in [9.17, 15) is 0 Å². The first-order chi connectivity index (χ1) is 9.65. The highest BCUT2D eigenvalue weighted by Crippen LogP contribution is 2.26. The molecule has 0 spiro atoms. The first kappa shape index (κ1) is 15.2. The molecule has 1 N–H and O–H groups in total. The fourth-order valence-electron chi connectivity index (χ4n) is 2.33. The highest BCUT2D eigenvalue weighted by molar-refractivity contribution is 6.33. The number of hydrogen-bond donors (Lipinski definition) is 1. The summed E-state index contributed by atoms with van der Waals surface area (Å²) in [6.45, 7) is 5.03. The summed E-state index contributed by atoms with van der Waals surface area (Å²) in [4.78, 5) is 0. The summed E-state index contributed by atoms with van der Waals surface area (Å²) in [5, 5.41) is 4.98. The normalized spacial score (nSPS) is 10.6. The van der Waals surface area contributed by atoms with Crippen molar-refractivity contribution in [3.63, 3.8) is 0 Å². The number of nitrogens with one attached hydrogen (secondary N) is 1. The summed E-state index contributed by atoms with van der Waals surface area (Å²) in [7, 11) is 0. The molecule has 0 unspecified atom stereocenters. The Balaban J connectivity index is 2.24. The Hall–Kier alpha value is -1.18. The van der Waals surface area contributed by atoms with Gasteiger partial charge in [0.2, 0.25) is 0 Å². The summed E-state index contributed by atoms with van der Waals surface area (Å²) < 4.78 is 0. The minimum absolute atomic E-state index is 0.684. The lowest BCUT2D eigenvalue weighted by atomic mass is 10.0. The van der Waals surface area contributed by atoms with Gasteiger partial charge in [0.25, 0.3) is 0 Å². The van der Waals surface area contributed by atoms with E-state index in [0.717, 1.165) is 23.4 Å². The van der Waals surface area contributed by atoms with Crippen molar-refractivity contribution in [2.45, 2.75) is 33.2 Å². The van der Waals surface area contributed by atoms with Gasteiger partial charge in [-0.15, -0.1) is 0 Å². The Bertz CT molecular complexity index is 571. The molecular formula is C17H19Cl2N. The molecule has 1 nitrogen and oxygen atoms in total. The number of para-hydroxylation sites is 1. The molecule has 20 heavy (non-hydrogen) atoms. The van der Waals surface area contributed by atoms with Crippen LogP contribution in [0.25, 0.3) is 0 Å².